The van der Waals surface area contributed by atoms with E-state index in [4.69, 9.17) is 0 Å². The summed E-state index contributed by atoms with van der Waals surface area (Å²) in [6.45, 7) is 1.11. The number of quaternary nitrogens is 1. The summed E-state index contributed by atoms with van der Waals surface area (Å²) in [5, 5.41) is 0. The van der Waals surface area contributed by atoms with Crippen LogP contribution in [0.25, 0.3) is 0 Å². The van der Waals surface area contributed by atoms with E-state index in [1.54, 1.807) is 0 Å². The minimum Gasteiger partial charge on any atom is -0.329 e. The lowest BCUT2D eigenvalue weighted by Crippen LogP contribution is -3.03. The maximum atomic E-state index is 2.16. The summed E-state index contributed by atoms with van der Waals surface area (Å²) in [5.74, 6) is 0. The highest BCUT2D eigenvalue weighted by atomic mass is 15.3. The molecule has 0 saturated heterocycles. The number of hydrogen-bond acceptors (Lipinski definition) is 1. The van der Waals surface area contributed by atoms with Gasteiger partial charge in [-0.05, 0) is 0 Å². The number of hydrogen-bond donors (Lipinski definition) is 1. The second-order valence-corrected chi connectivity index (χ2v) is 2.08. The summed E-state index contributed by atoms with van der Waals surface area (Å²) in [6.07, 6.45) is 4.23. The second kappa shape index (κ2) is 1.54. The van der Waals surface area contributed by atoms with Crippen molar-refractivity contribution in [3.8, 4) is 0 Å². The average Bonchev–Trinajstić information content (AvgIpc) is 1.87. The van der Waals surface area contributed by atoms with Crippen LogP contribution in [-0.4, -0.2) is 25.7 Å². The molecule has 1 atom stereocenters. The first-order valence-corrected chi connectivity index (χ1v) is 2.50. The van der Waals surface area contributed by atoms with Gasteiger partial charge in [-0.1, -0.05) is 0 Å². The minimum absolute atomic E-state index is 1.11. The van der Waals surface area contributed by atoms with E-state index in [0.29, 0.717) is 0 Å². The Morgan fingerprint density at radius 1 is 1.71 bits per heavy atom. The van der Waals surface area contributed by atoms with Crippen LogP contribution in [0.5, 0.6) is 0 Å². The molecule has 2 nitrogen and oxygen atoms in total. The lowest BCUT2D eigenvalue weighted by Gasteiger charge is -2.05. The van der Waals surface area contributed by atoms with E-state index >= 15 is 0 Å². The highest BCUT2D eigenvalue weighted by Gasteiger charge is 2.05. The third-order valence-corrected chi connectivity index (χ3v) is 1.11. The van der Waals surface area contributed by atoms with E-state index in [0.717, 1.165) is 6.67 Å². The van der Waals surface area contributed by atoms with Crippen molar-refractivity contribution in [1.82, 2.24) is 4.90 Å². The van der Waals surface area contributed by atoms with Crippen molar-refractivity contribution in [2.75, 3.05) is 20.8 Å². The Kier molecular flexibility index (Phi) is 1.02. The third-order valence-electron chi connectivity index (χ3n) is 1.11. The van der Waals surface area contributed by atoms with Crippen molar-refractivity contribution in [1.29, 1.82) is 0 Å². The summed E-state index contributed by atoms with van der Waals surface area (Å²) in [7, 11) is 4.22. The zero-order valence-electron chi connectivity index (χ0n) is 4.81. The molecule has 0 spiro atoms. The lowest BCUT2D eigenvalue weighted by molar-refractivity contribution is -0.826. The van der Waals surface area contributed by atoms with Gasteiger partial charge in [0.1, 0.15) is 6.20 Å². The molecule has 7 heavy (non-hydrogen) atoms. The molecule has 1 rings (SSSR count). The molecule has 1 heterocycles. The van der Waals surface area contributed by atoms with Crippen LogP contribution < -0.4 is 4.90 Å². The molecule has 1 aliphatic rings. The molecule has 40 valence electrons. The summed E-state index contributed by atoms with van der Waals surface area (Å²) in [4.78, 5) is 3.61. The van der Waals surface area contributed by atoms with Gasteiger partial charge in [0.2, 0.25) is 0 Å². The number of nitrogens with zero attached hydrogens (tertiary/aromatic N) is 1. The van der Waals surface area contributed by atoms with Crippen LogP contribution >= 0.6 is 0 Å². The van der Waals surface area contributed by atoms with E-state index in [9.17, 15) is 0 Å². The van der Waals surface area contributed by atoms with Crippen LogP contribution in [-0.2, 0) is 0 Å². The molecule has 0 bridgehead atoms. The van der Waals surface area contributed by atoms with Gasteiger partial charge in [0, 0.05) is 7.05 Å². The normalized spacial score (nSPS) is 29.4. The van der Waals surface area contributed by atoms with Gasteiger partial charge >= 0.3 is 0 Å². The van der Waals surface area contributed by atoms with E-state index in [-0.39, 0.29) is 0 Å². The molecule has 1 aliphatic heterocycles. The molecule has 0 amide bonds. The molecular weight excluding hydrogens is 88.1 g/mol. The highest BCUT2D eigenvalue weighted by molar-refractivity contribution is 4.73. The zero-order chi connectivity index (χ0) is 5.28. The average molecular weight is 99.2 g/mol. The van der Waals surface area contributed by atoms with Crippen LogP contribution in [0.3, 0.4) is 0 Å². The van der Waals surface area contributed by atoms with Crippen molar-refractivity contribution >= 4 is 0 Å². The van der Waals surface area contributed by atoms with Crippen LogP contribution in [0.15, 0.2) is 12.4 Å². The predicted molar refractivity (Wildman–Crippen MR) is 28.7 cm³/mol. The van der Waals surface area contributed by atoms with Crippen LogP contribution in [0.2, 0.25) is 0 Å². The molecule has 0 aromatic heterocycles. The first kappa shape index (κ1) is 4.65. The third kappa shape index (κ3) is 0.933. The lowest BCUT2D eigenvalue weighted by atomic mass is 10.9. The molecule has 0 fully saturated rings. The standard InChI is InChI=1S/C5H10N2/c1-6-3-4-7(2)5-6/h3-4H,5H2,1-2H3/p+1. The van der Waals surface area contributed by atoms with Gasteiger partial charge in [0.15, 0.2) is 6.67 Å². The fraction of sp³-hybridized carbons (Fsp3) is 0.600. The quantitative estimate of drug-likeness (QED) is 0.404. The topological polar surface area (TPSA) is 7.68 Å². The van der Waals surface area contributed by atoms with Gasteiger partial charge in [-0.25, -0.2) is 0 Å². The van der Waals surface area contributed by atoms with Gasteiger partial charge in [-0.15, -0.1) is 0 Å². The van der Waals surface area contributed by atoms with Gasteiger partial charge in [0.25, 0.3) is 0 Å². The molecule has 1 unspecified atom stereocenters. The summed E-state index contributed by atoms with van der Waals surface area (Å²) in [5.41, 5.74) is 0. The van der Waals surface area contributed by atoms with Gasteiger partial charge < -0.3 is 4.90 Å². The van der Waals surface area contributed by atoms with Crippen LogP contribution in [0.4, 0.5) is 0 Å². The Labute approximate surface area is 44.0 Å². The fourth-order valence-corrected chi connectivity index (χ4v) is 0.753. The zero-order valence-corrected chi connectivity index (χ0v) is 4.81. The Hall–Kier alpha value is -0.500. The molecule has 0 aromatic rings. The largest absolute Gasteiger partial charge is 0.329 e. The van der Waals surface area contributed by atoms with E-state index in [1.807, 2.05) is 0 Å². The monoisotopic (exact) mass is 99.1 g/mol. The molecule has 0 saturated carbocycles. The summed E-state index contributed by atoms with van der Waals surface area (Å²) < 4.78 is 0. The molecule has 0 aliphatic carbocycles. The smallest absolute Gasteiger partial charge is 0.156 e. The molecule has 2 heteroatoms. The molecule has 0 radical (unpaired) electrons. The summed E-state index contributed by atoms with van der Waals surface area (Å²) in [6, 6.07) is 0. The molecule has 0 aromatic carbocycles. The van der Waals surface area contributed by atoms with E-state index in [1.165, 1.54) is 4.90 Å². The van der Waals surface area contributed by atoms with Crippen LogP contribution in [0.1, 0.15) is 0 Å². The Morgan fingerprint density at radius 3 is 2.57 bits per heavy atom. The van der Waals surface area contributed by atoms with Crippen LogP contribution in [0, 0.1) is 0 Å². The fourth-order valence-electron chi connectivity index (χ4n) is 0.753. The molecule has 1 N–H and O–H groups in total. The first-order valence-electron chi connectivity index (χ1n) is 2.50. The SMILES string of the molecule is CN1C=C[NH+](C)C1. The molecular formula is C5H11N2+. The second-order valence-electron chi connectivity index (χ2n) is 2.08. The summed E-state index contributed by atoms with van der Waals surface area (Å²) >= 11 is 0. The van der Waals surface area contributed by atoms with E-state index < -0.39 is 0 Å². The van der Waals surface area contributed by atoms with Gasteiger partial charge in [-0.2, -0.15) is 0 Å². The predicted octanol–water partition coefficient (Wildman–Crippen LogP) is -1.12. The Balaban J connectivity index is 2.42. The Bertz CT molecular complexity index is 78.1. The van der Waals surface area contributed by atoms with Crippen molar-refractivity contribution < 1.29 is 4.90 Å². The highest BCUT2D eigenvalue weighted by Crippen LogP contribution is 1.79. The van der Waals surface area contributed by atoms with Crippen molar-refractivity contribution in [3.63, 3.8) is 0 Å². The maximum absolute atomic E-state index is 2.16. The van der Waals surface area contributed by atoms with Crippen molar-refractivity contribution in [3.05, 3.63) is 12.4 Å². The van der Waals surface area contributed by atoms with Crippen molar-refractivity contribution in [2.45, 2.75) is 0 Å². The van der Waals surface area contributed by atoms with Gasteiger partial charge in [-0.3, -0.25) is 4.90 Å². The number of rotatable bonds is 0. The van der Waals surface area contributed by atoms with E-state index in [2.05, 4.69) is 31.4 Å². The first-order chi connectivity index (χ1) is 3.29. The van der Waals surface area contributed by atoms with Gasteiger partial charge in [0.05, 0.1) is 13.2 Å². The maximum Gasteiger partial charge on any atom is 0.156 e. The minimum atomic E-state index is 1.11. The number of nitrogens with one attached hydrogen (secondary N) is 1. The van der Waals surface area contributed by atoms with Crippen molar-refractivity contribution in [2.24, 2.45) is 0 Å². The Morgan fingerprint density at radius 2 is 2.43 bits per heavy atom.